The van der Waals surface area contributed by atoms with Gasteiger partial charge < -0.3 is 0 Å². The topological polar surface area (TPSA) is 114 Å². The minimum absolute atomic E-state index is 0.00668. The number of aliphatic imine (C=N–C) groups is 1. The predicted molar refractivity (Wildman–Crippen MR) is 243 cm³/mol. The summed E-state index contributed by atoms with van der Waals surface area (Å²) in [7, 11) is 0. The van der Waals surface area contributed by atoms with Gasteiger partial charge in [0.15, 0.2) is 24.0 Å². The zero-order valence-electron chi connectivity index (χ0n) is 34.2. The van der Waals surface area contributed by atoms with Crippen LogP contribution in [0.1, 0.15) is 46.4 Å². The molecule has 5 N–H and O–H groups in total. The summed E-state index contributed by atoms with van der Waals surface area (Å²) in [4.78, 5) is 21.3. The zero-order valence-corrected chi connectivity index (χ0v) is 34.2. The highest BCUT2D eigenvalue weighted by atomic mass is 15.9. The molecule has 5 aliphatic rings. The lowest BCUT2D eigenvalue weighted by Gasteiger charge is -2.46. The molecule has 3 fully saturated rings. The number of rotatable bonds is 6. The second kappa shape index (κ2) is 14.8. The van der Waals surface area contributed by atoms with Gasteiger partial charge >= 0.3 is 5.96 Å². The summed E-state index contributed by atoms with van der Waals surface area (Å²) in [6.45, 7) is 0. The Labute approximate surface area is 364 Å². The van der Waals surface area contributed by atoms with E-state index in [1.807, 2.05) is 12.1 Å². The van der Waals surface area contributed by atoms with Crippen molar-refractivity contribution >= 4 is 17.1 Å². The van der Waals surface area contributed by atoms with Crippen LogP contribution in [0.3, 0.4) is 0 Å². The van der Waals surface area contributed by atoms with E-state index in [1.165, 1.54) is 22.3 Å². The highest BCUT2D eigenvalue weighted by Gasteiger charge is 2.63. The van der Waals surface area contributed by atoms with Crippen molar-refractivity contribution in [1.29, 1.82) is 0 Å². The number of benzene rings is 6. The average molecular weight is 826 g/mol. The molecule has 12 nitrogen and oxygen atoms in total. The smallest absolute Gasteiger partial charge is 0.289 e. The summed E-state index contributed by atoms with van der Waals surface area (Å²) in [5.74, 6) is 0.785. The standard InChI is InChI=1S/C51H45N12/c1-7-19-32(20-8-1)39-42(35-25-13-4-14-26-35)55-47-38(52-39)31-60-62(47)50-58-45-48(56-43(36-27-15-5-16-28-36)40(53-45)33-21-9-2-10-22-33)61(50)51-59-46-49(63(51)60)57-44(37-29-17-6-18-30-37)41(54-46)34-23-11-3-12-24-34/h1-31,40-41,43-46,48-49,51,53-54,56-57,59H/q+1. The van der Waals surface area contributed by atoms with Gasteiger partial charge in [0.05, 0.1) is 30.4 Å². The van der Waals surface area contributed by atoms with Crippen LogP contribution in [0.5, 0.6) is 0 Å². The summed E-state index contributed by atoms with van der Waals surface area (Å²) in [5.41, 5.74) is 9.99. The average Bonchev–Trinajstić information content (AvgIpc) is 4.05. The molecule has 9 atom stereocenters. The molecule has 3 saturated heterocycles. The van der Waals surface area contributed by atoms with Crippen molar-refractivity contribution in [2.24, 2.45) is 4.99 Å². The Morgan fingerprint density at radius 3 is 1.41 bits per heavy atom. The maximum Gasteiger partial charge on any atom is 0.347 e. The Balaban J connectivity index is 1.00. The number of piperazine rings is 2. The molecule has 5 aliphatic heterocycles. The van der Waals surface area contributed by atoms with Crippen LogP contribution in [0.4, 0.5) is 0 Å². The van der Waals surface area contributed by atoms with Crippen LogP contribution in [-0.2, 0) is 0 Å². The number of nitrogens with one attached hydrogen (secondary N) is 5. The lowest BCUT2D eigenvalue weighted by atomic mass is 9.90. The number of hydrogen-bond acceptors (Lipinski definition) is 10. The number of fused-ring (bicyclic) bond motifs is 12. The Kier molecular flexibility index (Phi) is 8.59. The van der Waals surface area contributed by atoms with Gasteiger partial charge in [0.25, 0.3) is 5.65 Å². The summed E-state index contributed by atoms with van der Waals surface area (Å²) < 4.78 is 2.17. The molecule has 7 heterocycles. The Morgan fingerprint density at radius 1 is 0.444 bits per heavy atom. The van der Waals surface area contributed by atoms with Gasteiger partial charge in [-0.1, -0.05) is 182 Å². The van der Waals surface area contributed by atoms with Crippen molar-refractivity contribution < 1.29 is 4.68 Å². The van der Waals surface area contributed by atoms with E-state index in [0.29, 0.717) is 0 Å². The minimum atomic E-state index is -0.317. The van der Waals surface area contributed by atoms with Crippen molar-refractivity contribution in [3.63, 3.8) is 0 Å². The summed E-state index contributed by atoms with van der Waals surface area (Å²) in [6.07, 6.45) is 0.942. The third kappa shape index (κ3) is 5.94. The summed E-state index contributed by atoms with van der Waals surface area (Å²) in [6, 6.07) is 63.7. The number of aromatic nitrogens is 4. The Bertz CT molecular complexity index is 2950. The monoisotopic (exact) mass is 825 g/mol. The second-order valence-corrected chi connectivity index (χ2v) is 16.9. The molecule has 6 aromatic carbocycles. The van der Waals surface area contributed by atoms with Crippen molar-refractivity contribution in [1.82, 2.24) is 46.2 Å². The van der Waals surface area contributed by atoms with E-state index in [0.717, 1.165) is 39.6 Å². The van der Waals surface area contributed by atoms with E-state index in [9.17, 15) is 0 Å². The van der Waals surface area contributed by atoms with E-state index < -0.39 is 0 Å². The third-order valence-electron chi connectivity index (χ3n) is 13.3. The van der Waals surface area contributed by atoms with Crippen molar-refractivity contribution in [2.75, 3.05) is 5.01 Å². The molecular weight excluding hydrogens is 781 g/mol. The lowest BCUT2D eigenvalue weighted by molar-refractivity contribution is -0.643. The van der Waals surface area contributed by atoms with Crippen LogP contribution in [0, 0.1) is 0 Å². The van der Waals surface area contributed by atoms with Crippen LogP contribution in [0.2, 0.25) is 0 Å². The maximum atomic E-state index is 5.62. The minimum Gasteiger partial charge on any atom is -0.289 e. The Hall–Kier alpha value is -7.06. The molecule has 308 valence electrons. The van der Waals surface area contributed by atoms with Gasteiger partial charge in [-0.05, 0) is 22.3 Å². The fraction of sp³-hybridized carbons (Fsp3) is 0.176. The van der Waals surface area contributed by atoms with Crippen LogP contribution in [-0.4, -0.2) is 56.6 Å². The van der Waals surface area contributed by atoms with Gasteiger partial charge in [0, 0.05) is 11.1 Å². The second-order valence-electron chi connectivity index (χ2n) is 16.9. The van der Waals surface area contributed by atoms with Gasteiger partial charge in [0.1, 0.15) is 17.6 Å². The quantitative estimate of drug-likeness (QED) is 0.128. The molecule has 63 heavy (non-hydrogen) atoms. The third-order valence-corrected chi connectivity index (χ3v) is 13.3. The molecule has 0 aliphatic carbocycles. The van der Waals surface area contributed by atoms with E-state index in [-0.39, 0.29) is 55.1 Å². The van der Waals surface area contributed by atoms with Gasteiger partial charge in [0.2, 0.25) is 6.29 Å². The normalized spacial score (nSPS) is 26.9. The molecule has 13 rings (SSSR count). The van der Waals surface area contributed by atoms with Crippen LogP contribution < -0.4 is 36.3 Å². The SMILES string of the molecule is c1ccc(-c2nc3cn4[n+](c3nc2-c2ccccc2)C2=NC3NC(c5ccccc5)C(c5ccccc5)NC3N2C2NC3NC(c5ccccc5)C(c5ccccc5)NC3N24)cc1. The highest BCUT2D eigenvalue weighted by Crippen LogP contribution is 2.41. The maximum absolute atomic E-state index is 5.62. The first-order valence-corrected chi connectivity index (χ1v) is 21.9. The highest BCUT2D eigenvalue weighted by molar-refractivity contribution is 5.86. The molecule has 0 bridgehead atoms. The molecule has 0 spiro atoms. The van der Waals surface area contributed by atoms with Gasteiger partial charge in [-0.25, -0.2) is 15.2 Å². The van der Waals surface area contributed by atoms with Crippen LogP contribution >= 0.6 is 0 Å². The molecular formula is C51H45N12+. The van der Waals surface area contributed by atoms with Crippen molar-refractivity contribution in [2.45, 2.75) is 55.1 Å². The number of hydrogen-bond donors (Lipinski definition) is 5. The molecule has 0 radical (unpaired) electrons. The first-order chi connectivity index (χ1) is 31.2. The van der Waals surface area contributed by atoms with Crippen LogP contribution in [0.25, 0.3) is 33.7 Å². The molecule has 0 amide bonds. The molecule has 8 aromatic rings. The predicted octanol–water partition coefficient (Wildman–Crippen LogP) is 6.07. The molecule has 9 unspecified atom stereocenters. The van der Waals surface area contributed by atoms with E-state index in [1.54, 1.807) is 0 Å². The van der Waals surface area contributed by atoms with Crippen molar-refractivity contribution in [3.8, 4) is 22.5 Å². The summed E-state index contributed by atoms with van der Waals surface area (Å²) in [5, 5.41) is 23.0. The van der Waals surface area contributed by atoms with Gasteiger partial charge in [-0.15, -0.1) is 19.4 Å². The van der Waals surface area contributed by atoms with Gasteiger partial charge in [-0.3, -0.25) is 21.3 Å². The zero-order chi connectivity index (χ0) is 41.4. The van der Waals surface area contributed by atoms with Crippen LogP contribution in [0.15, 0.2) is 193 Å². The first-order valence-electron chi connectivity index (χ1n) is 21.9. The first kappa shape index (κ1) is 36.6. The molecule has 12 heteroatoms. The fourth-order valence-corrected chi connectivity index (χ4v) is 10.5. The fourth-order valence-electron chi connectivity index (χ4n) is 10.5. The number of nitrogens with zero attached hydrogens (tertiary/aromatic N) is 7. The molecule has 2 aromatic heterocycles. The Morgan fingerprint density at radius 2 is 0.889 bits per heavy atom. The molecule has 0 saturated carbocycles. The van der Waals surface area contributed by atoms with E-state index in [4.69, 9.17) is 15.0 Å². The van der Waals surface area contributed by atoms with E-state index in [2.05, 4.69) is 222 Å². The largest absolute Gasteiger partial charge is 0.347 e. The lowest BCUT2D eigenvalue weighted by Crippen LogP contribution is -2.79. The van der Waals surface area contributed by atoms with Crippen molar-refractivity contribution in [3.05, 3.63) is 210 Å². The van der Waals surface area contributed by atoms with E-state index >= 15 is 0 Å². The van der Waals surface area contributed by atoms with Gasteiger partial charge in [-0.2, -0.15) is 5.01 Å². The summed E-state index contributed by atoms with van der Waals surface area (Å²) >= 11 is 0.